The number of nitrogens with two attached hydrogens (primary N) is 1. The Bertz CT molecular complexity index is 447. The summed E-state index contributed by atoms with van der Waals surface area (Å²) in [6, 6.07) is 5.77. The lowest BCUT2D eigenvalue weighted by molar-refractivity contribution is -0.127. The summed E-state index contributed by atoms with van der Waals surface area (Å²) < 4.78 is 0. The predicted molar refractivity (Wildman–Crippen MR) is 63.5 cm³/mol. The van der Waals surface area contributed by atoms with Crippen LogP contribution < -0.4 is 11.1 Å². The number of hydrogen-bond donors (Lipinski definition) is 2. The lowest BCUT2D eigenvalue weighted by atomic mass is 10.1. The van der Waals surface area contributed by atoms with Crippen LogP contribution in [0.5, 0.6) is 0 Å². The highest BCUT2D eigenvalue weighted by Crippen LogP contribution is 2.22. The summed E-state index contributed by atoms with van der Waals surface area (Å²) in [5.41, 5.74) is 6.06. The zero-order chi connectivity index (χ0) is 12.4. The molecule has 0 aromatic heterocycles. The summed E-state index contributed by atoms with van der Waals surface area (Å²) in [5.74, 6) is -0.275. The molecule has 1 aliphatic heterocycles. The number of carbonyl (C=O) groups is 2. The summed E-state index contributed by atoms with van der Waals surface area (Å²) in [6.07, 6.45) is 0. The molecule has 0 saturated carbocycles. The van der Waals surface area contributed by atoms with Gasteiger partial charge in [0.05, 0.1) is 0 Å². The van der Waals surface area contributed by atoms with E-state index >= 15 is 0 Å². The first-order valence-electron chi connectivity index (χ1n) is 5.21. The number of imide groups is 1. The number of hydrogen-bond acceptors (Lipinski definition) is 3. The van der Waals surface area contributed by atoms with E-state index in [1.807, 2.05) is 0 Å². The van der Waals surface area contributed by atoms with Gasteiger partial charge in [-0.25, -0.2) is 4.79 Å². The van der Waals surface area contributed by atoms with Crippen LogP contribution in [0.15, 0.2) is 24.3 Å². The Hall–Kier alpha value is -1.59. The number of urea groups is 1. The highest BCUT2D eigenvalue weighted by molar-refractivity contribution is 6.30. The fourth-order valence-electron chi connectivity index (χ4n) is 1.74. The van der Waals surface area contributed by atoms with Crippen molar-refractivity contribution in [2.75, 3.05) is 13.1 Å². The zero-order valence-electron chi connectivity index (χ0n) is 9.02. The summed E-state index contributed by atoms with van der Waals surface area (Å²) in [7, 11) is 0. The van der Waals surface area contributed by atoms with Crippen molar-refractivity contribution >= 4 is 23.5 Å². The van der Waals surface area contributed by atoms with Gasteiger partial charge < -0.3 is 11.1 Å². The second-order valence-electron chi connectivity index (χ2n) is 3.71. The molecule has 0 aliphatic carbocycles. The molecule has 1 saturated heterocycles. The van der Waals surface area contributed by atoms with Crippen molar-refractivity contribution in [3.8, 4) is 0 Å². The van der Waals surface area contributed by atoms with Crippen LogP contribution in [0.25, 0.3) is 0 Å². The molecule has 1 aromatic carbocycles. The normalized spacial score (nSPS) is 19.6. The molecule has 1 unspecified atom stereocenters. The van der Waals surface area contributed by atoms with E-state index in [9.17, 15) is 9.59 Å². The van der Waals surface area contributed by atoms with Gasteiger partial charge in [-0.1, -0.05) is 23.7 Å². The first kappa shape index (κ1) is 11.9. The van der Waals surface area contributed by atoms with Crippen LogP contribution in [-0.2, 0) is 4.79 Å². The first-order valence-corrected chi connectivity index (χ1v) is 5.58. The van der Waals surface area contributed by atoms with Crippen LogP contribution in [0.2, 0.25) is 5.02 Å². The molecular formula is C11H12ClN3O2. The van der Waals surface area contributed by atoms with Crippen LogP contribution in [-0.4, -0.2) is 29.9 Å². The Morgan fingerprint density at radius 1 is 1.29 bits per heavy atom. The van der Waals surface area contributed by atoms with E-state index in [1.54, 1.807) is 24.3 Å². The number of halogens is 1. The molecule has 1 atom stereocenters. The van der Waals surface area contributed by atoms with Crippen LogP contribution in [0.3, 0.4) is 0 Å². The molecule has 5 nitrogen and oxygen atoms in total. The van der Waals surface area contributed by atoms with Gasteiger partial charge in [-0.3, -0.25) is 9.69 Å². The molecule has 1 aliphatic rings. The number of benzene rings is 1. The van der Waals surface area contributed by atoms with E-state index in [4.69, 9.17) is 17.3 Å². The summed E-state index contributed by atoms with van der Waals surface area (Å²) in [5, 5.41) is 3.20. The van der Waals surface area contributed by atoms with Crippen molar-refractivity contribution in [3.63, 3.8) is 0 Å². The highest BCUT2D eigenvalue weighted by Gasteiger charge is 2.38. The molecule has 1 aromatic rings. The fourth-order valence-corrected chi connectivity index (χ4v) is 1.87. The van der Waals surface area contributed by atoms with Gasteiger partial charge in [0.25, 0.3) is 5.91 Å². The summed E-state index contributed by atoms with van der Waals surface area (Å²) in [4.78, 5) is 24.6. The molecule has 0 spiro atoms. The monoisotopic (exact) mass is 253 g/mol. The van der Waals surface area contributed by atoms with Gasteiger partial charge in [-0.2, -0.15) is 0 Å². The molecule has 17 heavy (non-hydrogen) atoms. The molecule has 90 valence electrons. The minimum atomic E-state index is -0.633. The van der Waals surface area contributed by atoms with E-state index in [0.29, 0.717) is 10.6 Å². The number of carbonyl (C=O) groups excluding carboxylic acids is 2. The Kier molecular flexibility index (Phi) is 3.31. The SMILES string of the molecule is NCCN1C(=O)NC(c2ccc(Cl)cc2)C1=O. The largest absolute Gasteiger partial charge is 0.329 e. The van der Waals surface area contributed by atoms with Crippen LogP contribution >= 0.6 is 11.6 Å². The van der Waals surface area contributed by atoms with Gasteiger partial charge in [0.2, 0.25) is 0 Å². The second kappa shape index (κ2) is 4.73. The van der Waals surface area contributed by atoms with Crippen molar-refractivity contribution in [3.05, 3.63) is 34.9 Å². The van der Waals surface area contributed by atoms with Gasteiger partial charge in [-0.15, -0.1) is 0 Å². The number of rotatable bonds is 3. The van der Waals surface area contributed by atoms with Crippen molar-refractivity contribution in [1.29, 1.82) is 0 Å². The molecule has 3 N–H and O–H groups in total. The summed E-state index contributed by atoms with van der Waals surface area (Å²) >= 11 is 5.76. The van der Waals surface area contributed by atoms with Gasteiger partial charge in [0.15, 0.2) is 0 Å². The average molecular weight is 254 g/mol. The zero-order valence-corrected chi connectivity index (χ0v) is 9.78. The number of nitrogens with zero attached hydrogens (tertiary/aromatic N) is 1. The molecule has 2 rings (SSSR count). The molecule has 6 heteroatoms. The van der Waals surface area contributed by atoms with Crippen LogP contribution in [0, 0.1) is 0 Å². The minimum Gasteiger partial charge on any atom is -0.329 e. The molecular weight excluding hydrogens is 242 g/mol. The lowest BCUT2D eigenvalue weighted by Gasteiger charge is -2.11. The molecule has 1 heterocycles. The smallest absolute Gasteiger partial charge is 0.325 e. The van der Waals surface area contributed by atoms with Gasteiger partial charge in [0.1, 0.15) is 6.04 Å². The van der Waals surface area contributed by atoms with E-state index in [1.165, 1.54) is 0 Å². The average Bonchev–Trinajstić information content (AvgIpc) is 2.59. The topological polar surface area (TPSA) is 75.4 Å². The number of amides is 3. The van der Waals surface area contributed by atoms with Gasteiger partial charge >= 0.3 is 6.03 Å². The maximum Gasteiger partial charge on any atom is 0.325 e. The summed E-state index contributed by atoms with van der Waals surface area (Å²) in [6.45, 7) is 0.487. The first-order chi connectivity index (χ1) is 8.13. The van der Waals surface area contributed by atoms with Crippen molar-refractivity contribution in [1.82, 2.24) is 10.2 Å². The third-order valence-electron chi connectivity index (χ3n) is 2.58. The Labute approximate surface area is 104 Å². The third kappa shape index (κ3) is 2.25. The van der Waals surface area contributed by atoms with Gasteiger partial charge in [-0.05, 0) is 17.7 Å². The molecule has 1 fully saturated rings. The maximum atomic E-state index is 11.9. The predicted octanol–water partition coefficient (Wildman–Crippen LogP) is 0.892. The van der Waals surface area contributed by atoms with Crippen LogP contribution in [0.4, 0.5) is 4.79 Å². The molecule has 3 amide bonds. The van der Waals surface area contributed by atoms with Crippen molar-refractivity contribution in [2.45, 2.75) is 6.04 Å². The lowest BCUT2D eigenvalue weighted by Crippen LogP contribution is -2.35. The minimum absolute atomic E-state index is 0.231. The molecule has 0 bridgehead atoms. The Balaban J connectivity index is 2.21. The fraction of sp³-hybridized carbons (Fsp3) is 0.273. The third-order valence-corrected chi connectivity index (χ3v) is 2.83. The number of nitrogens with one attached hydrogen (secondary N) is 1. The molecule has 0 radical (unpaired) electrons. The Morgan fingerprint density at radius 2 is 1.94 bits per heavy atom. The highest BCUT2D eigenvalue weighted by atomic mass is 35.5. The van der Waals surface area contributed by atoms with E-state index in [2.05, 4.69) is 5.32 Å². The van der Waals surface area contributed by atoms with Gasteiger partial charge in [0, 0.05) is 18.1 Å². The van der Waals surface area contributed by atoms with Crippen molar-refractivity contribution < 1.29 is 9.59 Å². The van der Waals surface area contributed by atoms with Crippen LogP contribution in [0.1, 0.15) is 11.6 Å². The van der Waals surface area contributed by atoms with E-state index < -0.39 is 12.1 Å². The maximum absolute atomic E-state index is 11.9. The standard InChI is InChI=1S/C11H12ClN3O2/c12-8-3-1-7(2-4-8)9-10(16)15(6-5-13)11(17)14-9/h1-4,9H,5-6,13H2,(H,14,17). The van der Waals surface area contributed by atoms with E-state index in [-0.39, 0.29) is 19.0 Å². The Morgan fingerprint density at radius 3 is 2.53 bits per heavy atom. The quantitative estimate of drug-likeness (QED) is 0.786. The van der Waals surface area contributed by atoms with Crippen molar-refractivity contribution in [2.24, 2.45) is 5.73 Å². The van der Waals surface area contributed by atoms with E-state index in [0.717, 1.165) is 4.90 Å². The second-order valence-corrected chi connectivity index (χ2v) is 4.15.